The van der Waals surface area contributed by atoms with Gasteiger partial charge in [0, 0.05) is 0 Å². The third-order valence-electron chi connectivity index (χ3n) is 2.95. The van der Waals surface area contributed by atoms with Crippen LogP contribution in [0.3, 0.4) is 0 Å². The first-order valence-corrected chi connectivity index (χ1v) is 5.78. The molecule has 2 rings (SSSR count). The molecule has 0 saturated heterocycles. The van der Waals surface area contributed by atoms with E-state index < -0.39 is 0 Å². The van der Waals surface area contributed by atoms with Gasteiger partial charge in [-0.1, -0.05) is 0 Å². The molecule has 6 nitrogen and oxygen atoms in total. The molecule has 0 fully saturated rings. The van der Waals surface area contributed by atoms with Gasteiger partial charge in [-0.05, 0) is 55.1 Å². The maximum atomic E-state index is 5.19. The van der Waals surface area contributed by atoms with Crippen molar-refractivity contribution in [2.45, 2.75) is 19.9 Å². The van der Waals surface area contributed by atoms with Gasteiger partial charge >= 0.3 is 0 Å². The molecule has 0 amide bonds. The first-order chi connectivity index (χ1) is 8.67. The van der Waals surface area contributed by atoms with Gasteiger partial charge in [-0.2, -0.15) is 4.68 Å². The summed E-state index contributed by atoms with van der Waals surface area (Å²) in [5.41, 5.74) is 2.02. The molecule has 1 unspecified atom stereocenters. The quantitative estimate of drug-likeness (QED) is 0.881. The fourth-order valence-corrected chi connectivity index (χ4v) is 1.76. The van der Waals surface area contributed by atoms with Crippen LogP contribution in [0.2, 0.25) is 0 Å². The van der Waals surface area contributed by atoms with Crippen molar-refractivity contribution >= 4 is 0 Å². The summed E-state index contributed by atoms with van der Waals surface area (Å²) in [7, 11) is 3.53. The number of aryl methyl sites for hydroxylation is 1. The number of hydrogen-bond acceptors (Lipinski definition) is 5. The lowest BCUT2D eigenvalue weighted by Crippen LogP contribution is -2.18. The lowest BCUT2D eigenvalue weighted by atomic mass is 10.2. The van der Waals surface area contributed by atoms with E-state index in [1.54, 1.807) is 11.8 Å². The predicted octanol–water partition coefficient (Wildman–Crippen LogP) is 1.26. The minimum absolute atomic E-state index is 0.0847. The Bertz CT molecular complexity index is 537. The van der Waals surface area contributed by atoms with E-state index in [1.807, 2.05) is 39.1 Å². The first-order valence-electron chi connectivity index (χ1n) is 5.78. The Morgan fingerprint density at radius 2 is 2.17 bits per heavy atom. The Balaban J connectivity index is 2.46. The molecule has 0 aliphatic heterocycles. The van der Waals surface area contributed by atoms with Gasteiger partial charge in [0.15, 0.2) is 5.82 Å². The van der Waals surface area contributed by atoms with Gasteiger partial charge in [-0.15, -0.1) is 5.10 Å². The Hall–Kier alpha value is -1.95. The molecule has 96 valence electrons. The summed E-state index contributed by atoms with van der Waals surface area (Å²) in [4.78, 5) is 0. The molecule has 0 aliphatic rings. The van der Waals surface area contributed by atoms with Crippen molar-refractivity contribution in [1.29, 1.82) is 0 Å². The van der Waals surface area contributed by atoms with Crippen molar-refractivity contribution < 1.29 is 4.74 Å². The van der Waals surface area contributed by atoms with Crippen LogP contribution in [0.1, 0.15) is 24.4 Å². The van der Waals surface area contributed by atoms with Crippen LogP contribution >= 0.6 is 0 Å². The minimum Gasteiger partial charge on any atom is -0.497 e. The largest absolute Gasteiger partial charge is 0.497 e. The second-order valence-corrected chi connectivity index (χ2v) is 4.11. The average Bonchev–Trinajstić information content (AvgIpc) is 2.86. The van der Waals surface area contributed by atoms with Crippen molar-refractivity contribution in [3.63, 3.8) is 0 Å². The average molecular weight is 247 g/mol. The van der Waals surface area contributed by atoms with Gasteiger partial charge in [-0.3, -0.25) is 0 Å². The zero-order chi connectivity index (χ0) is 13.1. The second-order valence-electron chi connectivity index (χ2n) is 4.11. The van der Waals surface area contributed by atoms with Gasteiger partial charge in [0.25, 0.3) is 0 Å². The van der Waals surface area contributed by atoms with Crippen LogP contribution in [-0.2, 0) is 0 Å². The van der Waals surface area contributed by atoms with E-state index in [9.17, 15) is 0 Å². The number of aromatic nitrogens is 4. The maximum Gasteiger partial charge on any atom is 0.173 e. The van der Waals surface area contributed by atoms with Crippen LogP contribution in [0.5, 0.6) is 5.75 Å². The number of ether oxygens (including phenoxy) is 1. The molecule has 0 bridgehead atoms. The first kappa shape index (κ1) is 12.5. The SMILES string of the molecule is CNC(C)c1nnnn1-c1ccc(OC)cc1C. The monoisotopic (exact) mass is 247 g/mol. The molecule has 6 heteroatoms. The zero-order valence-electron chi connectivity index (χ0n) is 11.0. The third kappa shape index (κ3) is 2.19. The van der Waals surface area contributed by atoms with Gasteiger partial charge in [0.05, 0.1) is 18.8 Å². The maximum absolute atomic E-state index is 5.19. The Morgan fingerprint density at radius 3 is 2.78 bits per heavy atom. The molecule has 0 saturated carbocycles. The molecule has 18 heavy (non-hydrogen) atoms. The topological polar surface area (TPSA) is 64.9 Å². The predicted molar refractivity (Wildman–Crippen MR) is 67.9 cm³/mol. The Morgan fingerprint density at radius 1 is 1.39 bits per heavy atom. The molecular formula is C12H17N5O. The number of nitrogens with zero attached hydrogens (tertiary/aromatic N) is 4. The van der Waals surface area contributed by atoms with Gasteiger partial charge < -0.3 is 10.1 Å². The van der Waals surface area contributed by atoms with E-state index in [2.05, 4.69) is 20.8 Å². The summed E-state index contributed by atoms with van der Waals surface area (Å²) in [5, 5.41) is 15.0. The number of rotatable bonds is 4. The van der Waals surface area contributed by atoms with Gasteiger partial charge in [0.1, 0.15) is 5.75 Å². The number of methoxy groups -OCH3 is 1. The summed E-state index contributed by atoms with van der Waals surface area (Å²) < 4.78 is 6.94. The van der Waals surface area contributed by atoms with Crippen LogP contribution in [0.15, 0.2) is 18.2 Å². The fraction of sp³-hybridized carbons (Fsp3) is 0.417. The van der Waals surface area contributed by atoms with Crippen LogP contribution in [-0.4, -0.2) is 34.4 Å². The van der Waals surface area contributed by atoms with Crippen molar-refractivity contribution in [3.05, 3.63) is 29.6 Å². The molecule has 1 N–H and O–H groups in total. The molecule has 2 aromatic rings. The highest BCUT2D eigenvalue weighted by molar-refractivity contribution is 5.44. The van der Waals surface area contributed by atoms with E-state index in [-0.39, 0.29) is 6.04 Å². The van der Waals surface area contributed by atoms with Crippen molar-refractivity contribution in [3.8, 4) is 11.4 Å². The molecule has 1 aromatic heterocycles. The summed E-state index contributed by atoms with van der Waals surface area (Å²) >= 11 is 0. The van der Waals surface area contributed by atoms with Crippen molar-refractivity contribution in [2.75, 3.05) is 14.2 Å². The van der Waals surface area contributed by atoms with Crippen molar-refractivity contribution in [2.24, 2.45) is 0 Å². The number of tetrazole rings is 1. The summed E-state index contributed by atoms with van der Waals surface area (Å²) in [6.45, 7) is 4.02. The van der Waals surface area contributed by atoms with E-state index in [0.29, 0.717) is 0 Å². The normalized spacial score (nSPS) is 12.4. The summed E-state index contributed by atoms with van der Waals surface area (Å²) in [6.07, 6.45) is 0. The van der Waals surface area contributed by atoms with E-state index in [1.165, 1.54) is 0 Å². The number of benzene rings is 1. The smallest absolute Gasteiger partial charge is 0.173 e. The third-order valence-corrected chi connectivity index (χ3v) is 2.95. The zero-order valence-corrected chi connectivity index (χ0v) is 11.0. The van der Waals surface area contributed by atoms with Gasteiger partial charge in [0.2, 0.25) is 0 Å². The second kappa shape index (κ2) is 5.14. The summed E-state index contributed by atoms with van der Waals surface area (Å²) in [5.74, 6) is 1.61. The molecule has 1 aromatic carbocycles. The molecular weight excluding hydrogens is 230 g/mol. The number of hydrogen-bond donors (Lipinski definition) is 1. The lowest BCUT2D eigenvalue weighted by Gasteiger charge is -2.12. The van der Waals surface area contributed by atoms with E-state index >= 15 is 0 Å². The molecule has 0 aliphatic carbocycles. The van der Waals surface area contributed by atoms with Crippen LogP contribution in [0, 0.1) is 6.92 Å². The van der Waals surface area contributed by atoms with Crippen LogP contribution < -0.4 is 10.1 Å². The molecule has 1 atom stereocenters. The molecule has 0 radical (unpaired) electrons. The summed E-state index contributed by atoms with van der Waals surface area (Å²) in [6, 6.07) is 5.90. The number of nitrogens with one attached hydrogen (secondary N) is 1. The molecule has 0 spiro atoms. The van der Waals surface area contributed by atoms with Crippen LogP contribution in [0.25, 0.3) is 5.69 Å². The van der Waals surface area contributed by atoms with Crippen molar-refractivity contribution in [1.82, 2.24) is 25.5 Å². The molecule has 1 heterocycles. The Labute approximate surface area is 106 Å². The fourth-order valence-electron chi connectivity index (χ4n) is 1.76. The lowest BCUT2D eigenvalue weighted by molar-refractivity contribution is 0.414. The van der Waals surface area contributed by atoms with E-state index in [4.69, 9.17) is 4.74 Å². The standard InChI is InChI=1S/C12H17N5O/c1-8-7-10(18-4)5-6-11(8)17-12(9(2)13-3)14-15-16-17/h5-7,9,13H,1-4H3. The Kier molecular flexibility index (Phi) is 3.57. The highest BCUT2D eigenvalue weighted by Gasteiger charge is 2.15. The highest BCUT2D eigenvalue weighted by Crippen LogP contribution is 2.21. The van der Waals surface area contributed by atoms with E-state index in [0.717, 1.165) is 22.8 Å². The minimum atomic E-state index is 0.0847. The highest BCUT2D eigenvalue weighted by atomic mass is 16.5. The van der Waals surface area contributed by atoms with Crippen LogP contribution in [0.4, 0.5) is 0 Å². The van der Waals surface area contributed by atoms with Gasteiger partial charge in [-0.25, -0.2) is 0 Å².